The van der Waals surface area contributed by atoms with E-state index in [9.17, 15) is 8.78 Å². The number of rotatable bonds is 10. The number of piperidine rings is 1. The molecule has 2 aliphatic heterocycles. The van der Waals surface area contributed by atoms with Gasteiger partial charge in [0.25, 0.3) is 0 Å². The van der Waals surface area contributed by atoms with Crippen LogP contribution in [0.1, 0.15) is 61.3 Å². The number of fused-ring (bicyclic) bond motifs is 2. The quantitative estimate of drug-likeness (QED) is 0.304. The third-order valence-corrected chi connectivity index (χ3v) is 7.86. The molecule has 2 heterocycles. The molecule has 2 atom stereocenters. The van der Waals surface area contributed by atoms with Crippen LogP contribution in [0.25, 0.3) is 0 Å². The molecule has 2 fully saturated rings. The Morgan fingerprint density at radius 3 is 1.91 bits per heavy atom. The van der Waals surface area contributed by atoms with Crippen LogP contribution in [0.15, 0.2) is 78.9 Å². The van der Waals surface area contributed by atoms with Gasteiger partial charge >= 0.3 is 0 Å². The predicted molar refractivity (Wildman–Crippen MR) is 136 cm³/mol. The third kappa shape index (κ3) is 6.17. The maximum Gasteiger partial charge on any atom is 0.123 e. The van der Waals surface area contributed by atoms with Gasteiger partial charge in [-0.05, 0) is 98.4 Å². The summed E-state index contributed by atoms with van der Waals surface area (Å²) in [7, 11) is 0. The van der Waals surface area contributed by atoms with Gasteiger partial charge in [0.2, 0.25) is 0 Å². The highest BCUT2D eigenvalue weighted by molar-refractivity contribution is 5.30. The van der Waals surface area contributed by atoms with E-state index in [4.69, 9.17) is 4.74 Å². The fourth-order valence-corrected chi connectivity index (χ4v) is 6.11. The van der Waals surface area contributed by atoms with Crippen LogP contribution in [0.2, 0.25) is 0 Å². The molecule has 2 bridgehead atoms. The van der Waals surface area contributed by atoms with Crippen molar-refractivity contribution in [1.82, 2.24) is 4.90 Å². The van der Waals surface area contributed by atoms with Crippen molar-refractivity contribution in [3.05, 3.63) is 107 Å². The molecular formula is C31H35F2NO. The Morgan fingerprint density at radius 2 is 1.34 bits per heavy atom. The highest BCUT2D eigenvalue weighted by Crippen LogP contribution is 2.40. The summed E-state index contributed by atoms with van der Waals surface area (Å²) >= 11 is 0. The summed E-state index contributed by atoms with van der Waals surface area (Å²) in [5, 5.41) is 0. The molecule has 0 radical (unpaired) electrons. The minimum atomic E-state index is -0.314. The van der Waals surface area contributed by atoms with Gasteiger partial charge in [-0.15, -0.1) is 0 Å². The Bertz CT molecular complexity index is 994. The molecule has 0 amide bonds. The molecular weight excluding hydrogens is 440 g/mol. The van der Waals surface area contributed by atoms with E-state index in [0.29, 0.717) is 24.6 Å². The third-order valence-electron chi connectivity index (χ3n) is 7.86. The van der Waals surface area contributed by atoms with Gasteiger partial charge in [0.15, 0.2) is 0 Å². The molecule has 5 rings (SSSR count). The average Bonchev–Trinajstić information content (AvgIpc) is 3.11. The topological polar surface area (TPSA) is 12.5 Å². The second-order valence-corrected chi connectivity index (χ2v) is 10.2. The van der Waals surface area contributed by atoms with Crippen LogP contribution in [0.5, 0.6) is 0 Å². The number of nitrogens with zero attached hydrogens (tertiary/aromatic N) is 1. The largest absolute Gasteiger partial charge is 0.369 e. The maximum absolute atomic E-state index is 13.5. The van der Waals surface area contributed by atoms with Crippen molar-refractivity contribution in [1.29, 1.82) is 0 Å². The van der Waals surface area contributed by atoms with Crippen LogP contribution in [0, 0.1) is 17.6 Å². The zero-order valence-electron chi connectivity index (χ0n) is 20.3. The van der Waals surface area contributed by atoms with Gasteiger partial charge in [-0.1, -0.05) is 54.6 Å². The van der Waals surface area contributed by atoms with Crippen LogP contribution in [0.4, 0.5) is 8.78 Å². The van der Waals surface area contributed by atoms with Crippen LogP contribution >= 0.6 is 0 Å². The summed E-state index contributed by atoms with van der Waals surface area (Å²) in [6, 6.07) is 25.1. The summed E-state index contributed by atoms with van der Waals surface area (Å²) in [6.07, 6.45) is 8.24. The van der Waals surface area contributed by atoms with Crippen LogP contribution in [0.3, 0.4) is 0 Å². The fourth-order valence-electron chi connectivity index (χ4n) is 6.11. The van der Waals surface area contributed by atoms with E-state index in [1.807, 2.05) is 0 Å². The summed E-state index contributed by atoms with van der Waals surface area (Å²) in [5.74, 6) is 0.148. The van der Waals surface area contributed by atoms with Crippen molar-refractivity contribution in [2.24, 2.45) is 5.92 Å². The number of hydrogen-bond donors (Lipinski definition) is 0. The summed E-state index contributed by atoms with van der Waals surface area (Å²) in [5.41, 5.74) is 3.22. The highest BCUT2D eigenvalue weighted by Gasteiger charge is 2.39. The normalized spacial score (nSPS) is 22.1. The molecule has 0 aromatic heterocycles. The first kappa shape index (κ1) is 24.1. The Hall–Kier alpha value is -2.56. The van der Waals surface area contributed by atoms with Gasteiger partial charge in [0, 0.05) is 18.7 Å². The van der Waals surface area contributed by atoms with Crippen molar-refractivity contribution < 1.29 is 13.5 Å². The van der Waals surface area contributed by atoms with Gasteiger partial charge in [-0.2, -0.15) is 0 Å². The second kappa shape index (κ2) is 11.5. The van der Waals surface area contributed by atoms with Crippen molar-refractivity contribution in [2.75, 3.05) is 13.2 Å². The monoisotopic (exact) mass is 475 g/mol. The Kier molecular flexibility index (Phi) is 7.90. The highest BCUT2D eigenvalue weighted by atomic mass is 19.1. The Morgan fingerprint density at radius 1 is 0.771 bits per heavy atom. The van der Waals surface area contributed by atoms with Gasteiger partial charge in [0.1, 0.15) is 17.7 Å². The first-order valence-electron chi connectivity index (χ1n) is 13.1. The lowest BCUT2D eigenvalue weighted by molar-refractivity contribution is 0.0461. The first-order chi connectivity index (χ1) is 17.2. The lowest BCUT2D eigenvalue weighted by atomic mass is 9.88. The van der Waals surface area contributed by atoms with Gasteiger partial charge < -0.3 is 4.74 Å². The molecule has 0 aliphatic carbocycles. The maximum atomic E-state index is 13.5. The van der Waals surface area contributed by atoms with Gasteiger partial charge in [-0.25, -0.2) is 8.78 Å². The van der Waals surface area contributed by atoms with E-state index in [2.05, 4.69) is 35.2 Å². The van der Waals surface area contributed by atoms with Crippen molar-refractivity contribution in [3.8, 4) is 0 Å². The predicted octanol–water partition coefficient (Wildman–Crippen LogP) is 7.34. The minimum absolute atomic E-state index is 0.266. The standard InChI is InChI=1S/C31H35F2NO/c32-27-12-8-25(9-13-27)31(26-10-14-28(33)15-11-26)35-20-18-24-21-29-16-17-30(22-24)34(29)19-4-7-23-5-2-1-3-6-23/h1-3,5-6,8-15,24,29-31H,4,7,16-22H2. The zero-order chi connectivity index (χ0) is 24.0. The number of aryl methyl sites for hydroxylation is 1. The number of ether oxygens (including phenoxy) is 1. The summed E-state index contributed by atoms with van der Waals surface area (Å²) in [6.45, 7) is 1.85. The molecule has 2 nitrogen and oxygen atoms in total. The van der Waals surface area contributed by atoms with Crippen molar-refractivity contribution in [2.45, 2.75) is 63.1 Å². The Balaban J connectivity index is 1.14. The van der Waals surface area contributed by atoms with E-state index in [-0.39, 0.29) is 17.7 Å². The van der Waals surface area contributed by atoms with E-state index in [1.54, 1.807) is 24.3 Å². The molecule has 2 unspecified atom stereocenters. The van der Waals surface area contributed by atoms with Crippen molar-refractivity contribution in [3.63, 3.8) is 0 Å². The molecule has 4 heteroatoms. The lowest BCUT2D eigenvalue weighted by Gasteiger charge is -2.39. The molecule has 2 aliphatic rings. The zero-order valence-corrected chi connectivity index (χ0v) is 20.3. The average molecular weight is 476 g/mol. The lowest BCUT2D eigenvalue weighted by Crippen LogP contribution is -2.43. The number of hydrogen-bond acceptors (Lipinski definition) is 2. The van der Waals surface area contributed by atoms with Crippen LogP contribution < -0.4 is 0 Å². The fraction of sp³-hybridized carbons (Fsp3) is 0.419. The smallest absolute Gasteiger partial charge is 0.123 e. The molecule has 35 heavy (non-hydrogen) atoms. The summed E-state index contributed by atoms with van der Waals surface area (Å²) < 4.78 is 33.3. The molecule has 3 aromatic rings. The minimum Gasteiger partial charge on any atom is -0.369 e. The molecule has 184 valence electrons. The molecule has 2 saturated heterocycles. The SMILES string of the molecule is Fc1ccc(C(OCCC2CC3CCC(C2)N3CCCc2ccccc2)c2ccc(F)cc2)cc1. The van der Waals surface area contributed by atoms with Gasteiger partial charge in [-0.3, -0.25) is 4.90 Å². The number of halogens is 2. The number of benzene rings is 3. The molecule has 0 spiro atoms. The molecule has 0 N–H and O–H groups in total. The molecule has 0 saturated carbocycles. The van der Waals surface area contributed by atoms with Crippen molar-refractivity contribution >= 4 is 0 Å². The van der Waals surface area contributed by atoms with E-state index < -0.39 is 0 Å². The van der Waals surface area contributed by atoms with E-state index in [0.717, 1.165) is 24.0 Å². The second-order valence-electron chi connectivity index (χ2n) is 10.2. The van der Waals surface area contributed by atoms with Crippen LogP contribution in [-0.4, -0.2) is 30.1 Å². The summed E-state index contributed by atoms with van der Waals surface area (Å²) in [4.78, 5) is 2.78. The Labute approximate surface area is 207 Å². The van der Waals surface area contributed by atoms with E-state index >= 15 is 0 Å². The first-order valence-corrected chi connectivity index (χ1v) is 13.1. The van der Waals surface area contributed by atoms with Gasteiger partial charge in [0.05, 0.1) is 0 Å². The van der Waals surface area contributed by atoms with Crippen LogP contribution in [-0.2, 0) is 11.2 Å². The van der Waals surface area contributed by atoms with E-state index in [1.165, 1.54) is 68.5 Å². The molecule has 3 aromatic carbocycles.